The summed E-state index contributed by atoms with van der Waals surface area (Å²) < 4.78 is 0. The molecule has 2 unspecified atom stereocenters. The number of piperidine rings is 1. The minimum Gasteiger partial charge on any atom is -0.393 e. The molecule has 1 aliphatic rings. The van der Waals surface area contributed by atoms with Crippen LogP contribution in [0.3, 0.4) is 0 Å². The Morgan fingerprint density at radius 1 is 1.69 bits per heavy atom. The SMILES string of the molecule is CC(N)=NC1CCCN(C(=O)CC(C)O)C1. The van der Waals surface area contributed by atoms with Crippen LogP contribution < -0.4 is 5.73 Å². The van der Waals surface area contributed by atoms with Crippen LogP contribution in [0.25, 0.3) is 0 Å². The molecule has 5 heteroatoms. The van der Waals surface area contributed by atoms with Crippen molar-refractivity contribution in [2.75, 3.05) is 13.1 Å². The molecule has 3 N–H and O–H groups in total. The van der Waals surface area contributed by atoms with Crippen molar-refractivity contribution in [3.8, 4) is 0 Å². The van der Waals surface area contributed by atoms with Gasteiger partial charge in [-0.2, -0.15) is 0 Å². The van der Waals surface area contributed by atoms with Gasteiger partial charge in [-0.3, -0.25) is 9.79 Å². The first-order chi connectivity index (χ1) is 7.49. The van der Waals surface area contributed by atoms with E-state index in [2.05, 4.69) is 4.99 Å². The molecule has 92 valence electrons. The minimum absolute atomic E-state index is 0.00424. The first-order valence-corrected chi connectivity index (χ1v) is 5.74. The van der Waals surface area contributed by atoms with Crippen molar-refractivity contribution < 1.29 is 9.90 Å². The average molecular weight is 227 g/mol. The number of carbonyl (C=O) groups excluding carboxylic acids is 1. The quantitative estimate of drug-likeness (QED) is 0.531. The summed E-state index contributed by atoms with van der Waals surface area (Å²) in [4.78, 5) is 17.8. The Morgan fingerprint density at radius 3 is 2.94 bits per heavy atom. The summed E-state index contributed by atoms with van der Waals surface area (Å²) in [5, 5.41) is 9.17. The number of carbonyl (C=O) groups is 1. The molecule has 2 atom stereocenters. The molecular weight excluding hydrogens is 206 g/mol. The fraction of sp³-hybridized carbons (Fsp3) is 0.818. The van der Waals surface area contributed by atoms with Crippen LogP contribution in [0.4, 0.5) is 0 Å². The molecule has 0 bridgehead atoms. The van der Waals surface area contributed by atoms with Crippen LogP contribution >= 0.6 is 0 Å². The van der Waals surface area contributed by atoms with Crippen molar-refractivity contribution in [1.82, 2.24) is 4.90 Å². The second kappa shape index (κ2) is 5.84. The molecule has 0 aromatic carbocycles. The van der Waals surface area contributed by atoms with Crippen LogP contribution in [0.1, 0.15) is 33.1 Å². The van der Waals surface area contributed by atoms with Crippen molar-refractivity contribution in [3.05, 3.63) is 0 Å². The van der Waals surface area contributed by atoms with Gasteiger partial charge in [-0.15, -0.1) is 0 Å². The summed E-state index contributed by atoms with van der Waals surface area (Å²) in [7, 11) is 0. The molecule has 5 nitrogen and oxygen atoms in total. The number of aliphatic hydroxyl groups excluding tert-OH is 1. The van der Waals surface area contributed by atoms with Crippen molar-refractivity contribution in [1.29, 1.82) is 0 Å². The maximum atomic E-state index is 11.7. The summed E-state index contributed by atoms with van der Waals surface area (Å²) >= 11 is 0. The number of nitrogens with zero attached hydrogens (tertiary/aromatic N) is 2. The molecule has 16 heavy (non-hydrogen) atoms. The molecule has 0 aromatic rings. The van der Waals surface area contributed by atoms with Crippen molar-refractivity contribution in [3.63, 3.8) is 0 Å². The second-order valence-corrected chi connectivity index (χ2v) is 4.46. The standard InChI is InChI=1S/C11H21N3O2/c1-8(15)6-11(16)14-5-3-4-10(7-14)13-9(2)12/h8,10,15H,3-7H2,1-2H3,(H2,12,13). The first kappa shape index (κ1) is 13.0. The van der Waals surface area contributed by atoms with E-state index in [1.165, 1.54) is 0 Å². The van der Waals surface area contributed by atoms with Gasteiger partial charge in [0.15, 0.2) is 0 Å². The molecule has 1 rings (SSSR count). The molecule has 1 fully saturated rings. The summed E-state index contributed by atoms with van der Waals surface area (Å²) in [5.74, 6) is 0.569. The fourth-order valence-electron chi connectivity index (χ4n) is 1.96. The fourth-order valence-corrected chi connectivity index (χ4v) is 1.96. The number of likely N-dealkylation sites (tertiary alicyclic amines) is 1. The zero-order chi connectivity index (χ0) is 12.1. The largest absolute Gasteiger partial charge is 0.393 e. The lowest BCUT2D eigenvalue weighted by atomic mass is 10.1. The van der Waals surface area contributed by atoms with Gasteiger partial charge >= 0.3 is 0 Å². The van der Waals surface area contributed by atoms with E-state index in [4.69, 9.17) is 10.8 Å². The lowest BCUT2D eigenvalue weighted by Gasteiger charge is -2.31. The van der Waals surface area contributed by atoms with Gasteiger partial charge in [0.2, 0.25) is 5.91 Å². The molecule has 1 heterocycles. The maximum absolute atomic E-state index is 11.7. The van der Waals surface area contributed by atoms with Gasteiger partial charge in [-0.1, -0.05) is 0 Å². The summed E-state index contributed by atoms with van der Waals surface area (Å²) in [6.45, 7) is 4.78. The van der Waals surface area contributed by atoms with E-state index in [0.29, 0.717) is 12.4 Å². The predicted octanol–water partition coefficient (Wildman–Crippen LogP) is 0.125. The van der Waals surface area contributed by atoms with Crippen LogP contribution in [-0.2, 0) is 4.79 Å². The average Bonchev–Trinajstić information content (AvgIpc) is 2.16. The van der Waals surface area contributed by atoms with Gasteiger partial charge in [0, 0.05) is 13.1 Å². The highest BCUT2D eigenvalue weighted by Crippen LogP contribution is 2.14. The predicted molar refractivity (Wildman–Crippen MR) is 63.2 cm³/mol. The smallest absolute Gasteiger partial charge is 0.225 e. The Labute approximate surface area is 96.3 Å². The van der Waals surface area contributed by atoms with Gasteiger partial charge in [0.25, 0.3) is 0 Å². The number of amides is 1. The van der Waals surface area contributed by atoms with E-state index in [0.717, 1.165) is 19.4 Å². The zero-order valence-corrected chi connectivity index (χ0v) is 10.0. The van der Waals surface area contributed by atoms with Crippen LogP contribution in [-0.4, -0.2) is 47.0 Å². The Balaban J connectivity index is 2.50. The molecule has 1 saturated heterocycles. The summed E-state index contributed by atoms with van der Waals surface area (Å²) in [6.07, 6.45) is 1.55. The van der Waals surface area contributed by atoms with Gasteiger partial charge in [0.1, 0.15) is 0 Å². The van der Waals surface area contributed by atoms with E-state index in [1.807, 2.05) is 0 Å². The molecular formula is C11H21N3O2. The molecule has 1 amide bonds. The lowest BCUT2D eigenvalue weighted by molar-refractivity contribution is -0.134. The van der Waals surface area contributed by atoms with Gasteiger partial charge in [-0.05, 0) is 26.7 Å². The Morgan fingerprint density at radius 2 is 2.38 bits per heavy atom. The van der Waals surface area contributed by atoms with E-state index >= 15 is 0 Å². The second-order valence-electron chi connectivity index (χ2n) is 4.46. The van der Waals surface area contributed by atoms with Crippen LogP contribution in [0.5, 0.6) is 0 Å². The van der Waals surface area contributed by atoms with E-state index in [1.54, 1.807) is 18.7 Å². The molecule has 1 aliphatic heterocycles. The summed E-state index contributed by atoms with van der Waals surface area (Å²) in [6, 6.07) is 0.122. The zero-order valence-electron chi connectivity index (χ0n) is 10.0. The van der Waals surface area contributed by atoms with E-state index < -0.39 is 6.10 Å². The number of hydrogen-bond acceptors (Lipinski definition) is 3. The van der Waals surface area contributed by atoms with Gasteiger partial charge in [-0.25, -0.2) is 0 Å². The number of aliphatic hydroxyl groups is 1. The number of aliphatic imine (C=N–C) groups is 1. The van der Waals surface area contributed by atoms with Crippen molar-refractivity contribution in [2.24, 2.45) is 10.7 Å². The Bertz CT molecular complexity index is 272. The molecule has 0 aromatic heterocycles. The van der Waals surface area contributed by atoms with Crippen LogP contribution in [0, 0.1) is 0 Å². The molecule has 0 radical (unpaired) electrons. The lowest BCUT2D eigenvalue weighted by Crippen LogP contribution is -2.42. The topological polar surface area (TPSA) is 78.9 Å². The van der Waals surface area contributed by atoms with Crippen LogP contribution in [0.2, 0.25) is 0 Å². The van der Waals surface area contributed by atoms with Gasteiger partial charge < -0.3 is 15.7 Å². The van der Waals surface area contributed by atoms with E-state index in [-0.39, 0.29) is 18.4 Å². The molecule has 0 spiro atoms. The third-order valence-corrected chi connectivity index (χ3v) is 2.61. The Kier molecular flexibility index (Phi) is 4.73. The summed E-state index contributed by atoms with van der Waals surface area (Å²) in [5.41, 5.74) is 5.53. The molecule has 0 aliphatic carbocycles. The van der Waals surface area contributed by atoms with Crippen molar-refractivity contribution >= 4 is 11.7 Å². The number of rotatable bonds is 3. The van der Waals surface area contributed by atoms with Crippen molar-refractivity contribution in [2.45, 2.75) is 45.3 Å². The number of hydrogen-bond donors (Lipinski definition) is 2. The highest BCUT2D eigenvalue weighted by atomic mass is 16.3. The minimum atomic E-state index is -0.576. The normalized spacial score (nSPS) is 24.3. The monoisotopic (exact) mass is 227 g/mol. The van der Waals surface area contributed by atoms with Gasteiger partial charge in [0.05, 0.1) is 24.4 Å². The van der Waals surface area contributed by atoms with Crippen LogP contribution in [0.15, 0.2) is 4.99 Å². The highest BCUT2D eigenvalue weighted by Gasteiger charge is 2.23. The number of nitrogens with two attached hydrogens (primary N) is 1. The number of amidine groups is 1. The third-order valence-electron chi connectivity index (χ3n) is 2.61. The Hall–Kier alpha value is -1.10. The van der Waals surface area contributed by atoms with E-state index in [9.17, 15) is 4.79 Å². The highest BCUT2D eigenvalue weighted by molar-refractivity contribution is 5.78. The third kappa shape index (κ3) is 4.18. The maximum Gasteiger partial charge on any atom is 0.225 e. The first-order valence-electron chi connectivity index (χ1n) is 5.74. The molecule has 0 saturated carbocycles.